The maximum Gasteiger partial charge on any atom is 0.311 e. The van der Waals surface area contributed by atoms with Gasteiger partial charge in [0.25, 0.3) is 0 Å². The first-order chi connectivity index (χ1) is 13.1. The Morgan fingerprint density at radius 3 is 2.63 bits per heavy atom. The molecule has 2 aromatic rings. The van der Waals surface area contributed by atoms with Gasteiger partial charge in [0.05, 0.1) is 12.5 Å². The van der Waals surface area contributed by atoms with E-state index in [1.807, 2.05) is 32.0 Å². The van der Waals surface area contributed by atoms with Crippen LogP contribution in [0.15, 0.2) is 48.5 Å². The lowest BCUT2D eigenvalue weighted by Crippen LogP contribution is -2.45. The summed E-state index contributed by atoms with van der Waals surface area (Å²) in [5.74, 6) is -0.586. The van der Waals surface area contributed by atoms with Gasteiger partial charge in [-0.05, 0) is 54.7 Å². The fraction of sp³-hybridized carbons (Fsp3) is 0.391. The highest BCUT2D eigenvalue weighted by molar-refractivity contribution is 5.96. The summed E-state index contributed by atoms with van der Waals surface area (Å²) in [6, 6.07) is 14.2. The molecule has 1 N–H and O–H groups in total. The fourth-order valence-electron chi connectivity index (χ4n) is 3.77. The van der Waals surface area contributed by atoms with Crippen LogP contribution in [0.1, 0.15) is 45.1 Å². The van der Waals surface area contributed by atoms with E-state index in [0.29, 0.717) is 6.61 Å². The van der Waals surface area contributed by atoms with Gasteiger partial charge in [0.1, 0.15) is 0 Å². The van der Waals surface area contributed by atoms with Gasteiger partial charge in [0.2, 0.25) is 5.91 Å². The maximum absolute atomic E-state index is 12.5. The molecule has 4 nitrogen and oxygen atoms in total. The van der Waals surface area contributed by atoms with Crippen molar-refractivity contribution in [3.63, 3.8) is 0 Å². The summed E-state index contributed by atoms with van der Waals surface area (Å²) in [5.41, 5.74) is 1.93. The topological polar surface area (TPSA) is 55.4 Å². The van der Waals surface area contributed by atoms with E-state index in [2.05, 4.69) is 29.6 Å². The normalized spacial score (nSPS) is 20.3. The second-order valence-electron chi connectivity index (χ2n) is 7.15. The van der Waals surface area contributed by atoms with Crippen molar-refractivity contribution < 1.29 is 14.3 Å². The van der Waals surface area contributed by atoms with E-state index in [4.69, 9.17) is 4.74 Å². The SMILES string of the molecule is CCOC(=O)[C@H]1CCCC[C@H]1NC(=O)C=C(C)c1ccc2ccccc2c1. The van der Waals surface area contributed by atoms with Gasteiger partial charge >= 0.3 is 5.97 Å². The average Bonchev–Trinajstić information content (AvgIpc) is 2.68. The number of ether oxygens (including phenoxy) is 1. The summed E-state index contributed by atoms with van der Waals surface area (Å²) >= 11 is 0. The summed E-state index contributed by atoms with van der Waals surface area (Å²) in [6.07, 6.45) is 5.24. The number of hydrogen-bond donors (Lipinski definition) is 1. The van der Waals surface area contributed by atoms with Crippen LogP contribution in [0.25, 0.3) is 16.3 Å². The second kappa shape index (κ2) is 8.85. The van der Waals surface area contributed by atoms with E-state index in [0.717, 1.165) is 42.2 Å². The van der Waals surface area contributed by atoms with E-state index >= 15 is 0 Å². The van der Waals surface area contributed by atoms with Crippen LogP contribution in [0.5, 0.6) is 0 Å². The Morgan fingerprint density at radius 2 is 1.85 bits per heavy atom. The predicted molar refractivity (Wildman–Crippen MR) is 108 cm³/mol. The Bertz CT molecular complexity index is 856. The molecule has 0 aliphatic heterocycles. The van der Waals surface area contributed by atoms with Gasteiger partial charge in [-0.2, -0.15) is 0 Å². The lowest BCUT2D eigenvalue weighted by Gasteiger charge is -2.30. The third-order valence-electron chi connectivity index (χ3n) is 5.24. The van der Waals surface area contributed by atoms with Crippen molar-refractivity contribution >= 4 is 28.2 Å². The van der Waals surface area contributed by atoms with Crippen LogP contribution in [0, 0.1) is 5.92 Å². The molecule has 1 fully saturated rings. The molecule has 0 unspecified atom stereocenters. The first-order valence-corrected chi connectivity index (χ1v) is 9.73. The molecule has 2 atom stereocenters. The minimum absolute atomic E-state index is 0.147. The van der Waals surface area contributed by atoms with Crippen LogP contribution < -0.4 is 5.32 Å². The highest BCUT2D eigenvalue weighted by Gasteiger charge is 2.32. The number of fused-ring (bicyclic) bond motifs is 1. The van der Waals surface area contributed by atoms with Crippen LogP contribution >= 0.6 is 0 Å². The monoisotopic (exact) mass is 365 g/mol. The molecule has 2 aromatic carbocycles. The number of esters is 1. The molecule has 0 bridgehead atoms. The average molecular weight is 365 g/mol. The molecule has 1 aliphatic rings. The number of benzene rings is 2. The molecule has 0 spiro atoms. The number of amides is 1. The van der Waals surface area contributed by atoms with Crippen molar-refractivity contribution in [2.75, 3.05) is 6.61 Å². The summed E-state index contributed by atoms with van der Waals surface area (Å²) < 4.78 is 5.18. The number of allylic oxidation sites excluding steroid dienone is 1. The first kappa shape index (κ1) is 19.2. The molecule has 27 heavy (non-hydrogen) atoms. The molecule has 0 aromatic heterocycles. The standard InChI is InChI=1S/C23H27NO3/c1-3-27-23(26)20-10-6-7-11-21(20)24-22(25)14-16(2)18-13-12-17-8-4-5-9-19(17)15-18/h4-5,8-9,12-15,20-21H,3,6-7,10-11H2,1-2H3,(H,24,25)/t20-,21+/m0/s1. The van der Waals surface area contributed by atoms with Gasteiger partial charge in [0, 0.05) is 12.1 Å². The van der Waals surface area contributed by atoms with Crippen LogP contribution in [-0.4, -0.2) is 24.5 Å². The zero-order valence-electron chi connectivity index (χ0n) is 16.0. The highest BCUT2D eigenvalue weighted by Crippen LogP contribution is 2.26. The van der Waals surface area contributed by atoms with Gasteiger partial charge < -0.3 is 10.1 Å². The number of carbonyl (C=O) groups is 2. The number of hydrogen-bond acceptors (Lipinski definition) is 3. The Morgan fingerprint density at radius 1 is 1.11 bits per heavy atom. The molecule has 0 saturated heterocycles. The van der Waals surface area contributed by atoms with E-state index in [1.54, 1.807) is 6.08 Å². The number of carbonyl (C=O) groups excluding carboxylic acids is 2. The second-order valence-corrected chi connectivity index (χ2v) is 7.15. The van der Waals surface area contributed by atoms with E-state index in [9.17, 15) is 9.59 Å². The summed E-state index contributed by atoms with van der Waals surface area (Å²) in [7, 11) is 0. The zero-order chi connectivity index (χ0) is 19.2. The van der Waals surface area contributed by atoms with Crippen LogP contribution in [0.2, 0.25) is 0 Å². The first-order valence-electron chi connectivity index (χ1n) is 9.73. The molecule has 0 radical (unpaired) electrons. The lowest BCUT2D eigenvalue weighted by atomic mass is 9.84. The highest BCUT2D eigenvalue weighted by atomic mass is 16.5. The van der Waals surface area contributed by atoms with E-state index in [1.165, 1.54) is 5.39 Å². The van der Waals surface area contributed by atoms with Crippen molar-refractivity contribution in [1.82, 2.24) is 5.32 Å². The van der Waals surface area contributed by atoms with Crippen molar-refractivity contribution in [2.45, 2.75) is 45.6 Å². The van der Waals surface area contributed by atoms with Crippen molar-refractivity contribution in [3.05, 3.63) is 54.1 Å². The summed E-state index contributed by atoms with van der Waals surface area (Å²) in [6.45, 7) is 4.12. The Kier molecular flexibility index (Phi) is 6.28. The Labute approximate surface area is 160 Å². The van der Waals surface area contributed by atoms with Gasteiger partial charge in [-0.3, -0.25) is 9.59 Å². The molecule has 1 aliphatic carbocycles. The molecule has 3 rings (SSSR count). The lowest BCUT2D eigenvalue weighted by molar-refractivity contribution is -0.150. The largest absolute Gasteiger partial charge is 0.466 e. The molecule has 0 heterocycles. The quantitative estimate of drug-likeness (QED) is 0.628. The minimum atomic E-state index is -0.239. The van der Waals surface area contributed by atoms with Gasteiger partial charge in [-0.15, -0.1) is 0 Å². The van der Waals surface area contributed by atoms with E-state index in [-0.39, 0.29) is 23.8 Å². The van der Waals surface area contributed by atoms with Crippen molar-refractivity contribution in [2.24, 2.45) is 5.92 Å². The Hall–Kier alpha value is -2.62. The maximum atomic E-state index is 12.5. The van der Waals surface area contributed by atoms with Gasteiger partial charge in [-0.1, -0.05) is 49.2 Å². The molecule has 4 heteroatoms. The third kappa shape index (κ3) is 4.76. The zero-order valence-corrected chi connectivity index (χ0v) is 16.0. The molecule has 1 saturated carbocycles. The van der Waals surface area contributed by atoms with Crippen LogP contribution in [0.4, 0.5) is 0 Å². The van der Waals surface area contributed by atoms with Crippen molar-refractivity contribution in [3.8, 4) is 0 Å². The molecule has 142 valence electrons. The number of nitrogens with one attached hydrogen (secondary N) is 1. The van der Waals surface area contributed by atoms with Crippen molar-refractivity contribution in [1.29, 1.82) is 0 Å². The van der Waals surface area contributed by atoms with Crippen LogP contribution in [0.3, 0.4) is 0 Å². The summed E-state index contributed by atoms with van der Waals surface area (Å²) in [5, 5.41) is 5.36. The smallest absolute Gasteiger partial charge is 0.311 e. The number of rotatable bonds is 5. The van der Waals surface area contributed by atoms with Crippen LogP contribution in [-0.2, 0) is 14.3 Å². The molecular formula is C23H27NO3. The molecule has 1 amide bonds. The molecular weight excluding hydrogens is 338 g/mol. The van der Waals surface area contributed by atoms with Gasteiger partial charge in [0.15, 0.2) is 0 Å². The minimum Gasteiger partial charge on any atom is -0.466 e. The Balaban J connectivity index is 1.71. The predicted octanol–water partition coefficient (Wildman–Crippen LogP) is 4.48. The third-order valence-corrected chi connectivity index (χ3v) is 5.24. The fourth-order valence-corrected chi connectivity index (χ4v) is 3.77. The summed E-state index contributed by atoms with van der Waals surface area (Å²) in [4.78, 5) is 24.7. The van der Waals surface area contributed by atoms with E-state index < -0.39 is 0 Å². The van der Waals surface area contributed by atoms with Gasteiger partial charge in [-0.25, -0.2) is 0 Å².